The van der Waals surface area contributed by atoms with Gasteiger partial charge in [-0.15, -0.1) is 0 Å². The molecular weight excluding hydrogens is 226 g/mol. The molecule has 0 bridgehead atoms. The Labute approximate surface area is 110 Å². The third kappa shape index (κ3) is 5.63. The largest absolute Gasteiger partial charge is 0.382 e. The van der Waals surface area contributed by atoms with Gasteiger partial charge in [-0.2, -0.15) is 0 Å². The fraction of sp³-hybridized carbons (Fsp3) is 0.600. The topological polar surface area (TPSA) is 30.5 Å². The molecule has 0 aliphatic carbocycles. The van der Waals surface area contributed by atoms with Crippen LogP contribution in [0.5, 0.6) is 0 Å². The lowest BCUT2D eigenvalue weighted by atomic mass is 10.1. The summed E-state index contributed by atoms with van der Waals surface area (Å²) in [5, 5.41) is 3.42. The Morgan fingerprint density at radius 1 is 1.22 bits per heavy atom. The van der Waals surface area contributed by atoms with Gasteiger partial charge in [-0.25, -0.2) is 0 Å². The highest BCUT2D eigenvalue weighted by molar-refractivity contribution is 5.26. The first-order valence-corrected chi connectivity index (χ1v) is 6.66. The number of rotatable bonds is 9. The van der Waals surface area contributed by atoms with E-state index in [4.69, 9.17) is 9.47 Å². The van der Waals surface area contributed by atoms with Crippen molar-refractivity contribution in [1.29, 1.82) is 0 Å². The number of benzene rings is 1. The SMILES string of the molecule is CCCNCc1ccccc1COC(C)COC. The van der Waals surface area contributed by atoms with E-state index in [0.717, 1.165) is 19.5 Å². The summed E-state index contributed by atoms with van der Waals surface area (Å²) in [7, 11) is 1.70. The van der Waals surface area contributed by atoms with Gasteiger partial charge in [0.2, 0.25) is 0 Å². The lowest BCUT2D eigenvalue weighted by Crippen LogP contribution is -2.17. The normalized spacial score (nSPS) is 12.6. The Kier molecular flexibility index (Phi) is 7.65. The van der Waals surface area contributed by atoms with Gasteiger partial charge in [0, 0.05) is 13.7 Å². The van der Waals surface area contributed by atoms with E-state index in [1.807, 2.05) is 6.92 Å². The van der Waals surface area contributed by atoms with Crippen molar-refractivity contribution >= 4 is 0 Å². The van der Waals surface area contributed by atoms with Crippen LogP contribution < -0.4 is 5.32 Å². The molecule has 3 heteroatoms. The molecule has 1 atom stereocenters. The maximum atomic E-state index is 5.76. The second-order valence-electron chi connectivity index (χ2n) is 4.52. The van der Waals surface area contributed by atoms with E-state index in [1.165, 1.54) is 11.1 Å². The molecule has 18 heavy (non-hydrogen) atoms. The fourth-order valence-electron chi connectivity index (χ4n) is 1.79. The molecule has 0 aromatic heterocycles. The molecule has 0 aliphatic rings. The molecule has 0 heterocycles. The first-order chi connectivity index (χ1) is 8.77. The molecular formula is C15H25NO2. The van der Waals surface area contributed by atoms with E-state index in [1.54, 1.807) is 7.11 Å². The van der Waals surface area contributed by atoms with Crippen LogP contribution in [0.1, 0.15) is 31.4 Å². The second kappa shape index (κ2) is 9.09. The van der Waals surface area contributed by atoms with E-state index < -0.39 is 0 Å². The summed E-state index contributed by atoms with van der Waals surface area (Å²) >= 11 is 0. The van der Waals surface area contributed by atoms with Crippen LogP contribution in [0.4, 0.5) is 0 Å². The number of nitrogens with one attached hydrogen (secondary N) is 1. The molecule has 1 unspecified atom stereocenters. The minimum absolute atomic E-state index is 0.131. The van der Waals surface area contributed by atoms with Crippen LogP contribution in [0.3, 0.4) is 0 Å². The summed E-state index contributed by atoms with van der Waals surface area (Å²) in [6, 6.07) is 8.42. The van der Waals surface area contributed by atoms with Crippen LogP contribution in [0.25, 0.3) is 0 Å². The summed E-state index contributed by atoms with van der Waals surface area (Å²) in [5.41, 5.74) is 2.57. The van der Waals surface area contributed by atoms with Crippen molar-refractivity contribution in [3.63, 3.8) is 0 Å². The first kappa shape index (κ1) is 15.2. The average Bonchev–Trinajstić information content (AvgIpc) is 2.38. The molecule has 0 fully saturated rings. The van der Waals surface area contributed by atoms with Crippen molar-refractivity contribution in [1.82, 2.24) is 5.32 Å². The zero-order valence-corrected chi connectivity index (χ0v) is 11.7. The van der Waals surface area contributed by atoms with Gasteiger partial charge < -0.3 is 14.8 Å². The van der Waals surface area contributed by atoms with Crippen molar-refractivity contribution in [2.75, 3.05) is 20.3 Å². The van der Waals surface area contributed by atoms with Crippen molar-refractivity contribution in [3.8, 4) is 0 Å². The van der Waals surface area contributed by atoms with Crippen LogP contribution in [-0.4, -0.2) is 26.4 Å². The molecule has 0 radical (unpaired) electrons. The van der Waals surface area contributed by atoms with Crippen LogP contribution >= 0.6 is 0 Å². The highest BCUT2D eigenvalue weighted by Gasteiger charge is 2.05. The zero-order valence-electron chi connectivity index (χ0n) is 11.7. The second-order valence-corrected chi connectivity index (χ2v) is 4.52. The number of hydrogen-bond donors (Lipinski definition) is 1. The van der Waals surface area contributed by atoms with Gasteiger partial charge in [0.15, 0.2) is 0 Å². The summed E-state index contributed by atoms with van der Waals surface area (Å²) in [6.45, 7) is 7.45. The van der Waals surface area contributed by atoms with Gasteiger partial charge in [0.25, 0.3) is 0 Å². The predicted molar refractivity (Wildman–Crippen MR) is 74.6 cm³/mol. The summed E-state index contributed by atoms with van der Waals surface area (Å²) in [6.07, 6.45) is 1.29. The lowest BCUT2D eigenvalue weighted by Gasteiger charge is -2.14. The van der Waals surface area contributed by atoms with E-state index in [0.29, 0.717) is 13.2 Å². The van der Waals surface area contributed by atoms with Gasteiger partial charge >= 0.3 is 0 Å². The molecule has 1 rings (SSSR count). The fourth-order valence-corrected chi connectivity index (χ4v) is 1.79. The molecule has 1 aromatic carbocycles. The van der Waals surface area contributed by atoms with E-state index in [-0.39, 0.29) is 6.10 Å². The van der Waals surface area contributed by atoms with Crippen LogP contribution in [0, 0.1) is 0 Å². The summed E-state index contributed by atoms with van der Waals surface area (Å²) < 4.78 is 10.8. The van der Waals surface area contributed by atoms with Gasteiger partial charge in [0.1, 0.15) is 0 Å². The molecule has 0 saturated carbocycles. The number of ether oxygens (including phenoxy) is 2. The number of methoxy groups -OCH3 is 1. The summed E-state index contributed by atoms with van der Waals surface area (Å²) in [5.74, 6) is 0. The van der Waals surface area contributed by atoms with Crippen molar-refractivity contribution in [2.45, 2.75) is 39.5 Å². The monoisotopic (exact) mass is 251 g/mol. The molecule has 3 nitrogen and oxygen atoms in total. The van der Waals surface area contributed by atoms with E-state index in [2.05, 4.69) is 36.5 Å². The van der Waals surface area contributed by atoms with Crippen LogP contribution in [0.2, 0.25) is 0 Å². The van der Waals surface area contributed by atoms with Gasteiger partial charge in [-0.3, -0.25) is 0 Å². The highest BCUT2D eigenvalue weighted by Crippen LogP contribution is 2.11. The quantitative estimate of drug-likeness (QED) is 0.685. The predicted octanol–water partition coefficient (Wildman–Crippen LogP) is 2.74. The van der Waals surface area contributed by atoms with E-state index >= 15 is 0 Å². The molecule has 1 N–H and O–H groups in total. The molecule has 0 spiro atoms. The van der Waals surface area contributed by atoms with Crippen molar-refractivity contribution in [3.05, 3.63) is 35.4 Å². The van der Waals surface area contributed by atoms with Crippen molar-refractivity contribution < 1.29 is 9.47 Å². The van der Waals surface area contributed by atoms with Crippen molar-refractivity contribution in [2.24, 2.45) is 0 Å². The van der Waals surface area contributed by atoms with E-state index in [9.17, 15) is 0 Å². The molecule has 1 aromatic rings. The van der Waals surface area contributed by atoms with Gasteiger partial charge in [-0.05, 0) is 31.0 Å². The Morgan fingerprint density at radius 3 is 2.61 bits per heavy atom. The Balaban J connectivity index is 2.48. The average molecular weight is 251 g/mol. The van der Waals surface area contributed by atoms with Crippen LogP contribution in [0.15, 0.2) is 24.3 Å². The zero-order chi connectivity index (χ0) is 13.2. The van der Waals surface area contributed by atoms with Gasteiger partial charge in [0.05, 0.1) is 19.3 Å². The molecule has 102 valence electrons. The lowest BCUT2D eigenvalue weighted by molar-refractivity contribution is -0.000391. The van der Waals surface area contributed by atoms with Gasteiger partial charge in [-0.1, -0.05) is 31.2 Å². The minimum atomic E-state index is 0.131. The minimum Gasteiger partial charge on any atom is -0.382 e. The third-order valence-corrected chi connectivity index (χ3v) is 2.79. The Bertz CT molecular complexity index is 328. The number of hydrogen-bond acceptors (Lipinski definition) is 3. The smallest absolute Gasteiger partial charge is 0.0784 e. The maximum absolute atomic E-state index is 5.76. The molecule has 0 aliphatic heterocycles. The summed E-state index contributed by atoms with van der Waals surface area (Å²) in [4.78, 5) is 0. The third-order valence-electron chi connectivity index (χ3n) is 2.79. The molecule has 0 amide bonds. The Hall–Kier alpha value is -0.900. The maximum Gasteiger partial charge on any atom is 0.0784 e. The Morgan fingerprint density at radius 2 is 1.94 bits per heavy atom. The standard InChI is InChI=1S/C15H25NO2/c1-4-9-16-10-14-7-5-6-8-15(14)12-18-13(2)11-17-3/h5-8,13,16H,4,9-12H2,1-3H3. The van der Waals surface area contributed by atoms with Crippen LogP contribution in [-0.2, 0) is 22.6 Å². The molecule has 0 saturated heterocycles. The highest BCUT2D eigenvalue weighted by atomic mass is 16.5. The first-order valence-electron chi connectivity index (χ1n) is 6.66.